The molecular formula is C21H25N5O3. The van der Waals surface area contributed by atoms with E-state index < -0.39 is 0 Å². The van der Waals surface area contributed by atoms with Crippen LogP contribution in [0.3, 0.4) is 0 Å². The molecule has 1 fully saturated rings. The van der Waals surface area contributed by atoms with Gasteiger partial charge in [0.05, 0.1) is 30.9 Å². The molecular weight excluding hydrogens is 370 g/mol. The molecule has 1 N–H and O–H groups in total. The SMILES string of the molecule is Cc1nc([C@@H]2C[C@H](OCc3ccccc3)CN2C(=O)Cc2c(C)noc2C)n[nH]1. The van der Waals surface area contributed by atoms with E-state index in [1.165, 1.54) is 0 Å². The Kier molecular flexibility index (Phi) is 5.44. The van der Waals surface area contributed by atoms with E-state index in [4.69, 9.17) is 9.26 Å². The van der Waals surface area contributed by atoms with E-state index in [0.717, 1.165) is 22.6 Å². The largest absolute Gasteiger partial charge is 0.372 e. The van der Waals surface area contributed by atoms with Gasteiger partial charge in [0.1, 0.15) is 11.6 Å². The summed E-state index contributed by atoms with van der Waals surface area (Å²) in [6, 6.07) is 9.82. The van der Waals surface area contributed by atoms with Gasteiger partial charge in [-0.15, -0.1) is 0 Å². The van der Waals surface area contributed by atoms with Gasteiger partial charge in [0.2, 0.25) is 5.91 Å². The van der Waals surface area contributed by atoms with E-state index in [1.54, 1.807) is 0 Å². The molecule has 0 spiro atoms. The number of ether oxygens (including phenoxy) is 1. The van der Waals surface area contributed by atoms with Crippen LogP contribution in [0.5, 0.6) is 0 Å². The molecule has 1 aliphatic heterocycles. The number of aromatic amines is 1. The fraction of sp³-hybridized carbons (Fsp3) is 0.429. The first-order chi connectivity index (χ1) is 14.0. The van der Waals surface area contributed by atoms with Crippen LogP contribution in [0.4, 0.5) is 0 Å². The number of rotatable bonds is 6. The number of carbonyl (C=O) groups excluding carboxylic acids is 1. The zero-order chi connectivity index (χ0) is 20.4. The quantitative estimate of drug-likeness (QED) is 0.689. The van der Waals surface area contributed by atoms with Crippen LogP contribution in [0.1, 0.15) is 46.7 Å². The van der Waals surface area contributed by atoms with Crippen molar-refractivity contribution in [3.8, 4) is 0 Å². The molecule has 8 nitrogen and oxygen atoms in total. The zero-order valence-corrected chi connectivity index (χ0v) is 16.9. The highest BCUT2D eigenvalue weighted by atomic mass is 16.5. The van der Waals surface area contributed by atoms with Gasteiger partial charge in [-0.2, -0.15) is 5.10 Å². The van der Waals surface area contributed by atoms with Gasteiger partial charge >= 0.3 is 0 Å². The average molecular weight is 395 g/mol. The molecule has 1 aliphatic rings. The predicted octanol–water partition coefficient (Wildman–Crippen LogP) is 2.82. The van der Waals surface area contributed by atoms with Gasteiger partial charge in [-0.05, 0) is 26.3 Å². The lowest BCUT2D eigenvalue weighted by molar-refractivity contribution is -0.132. The van der Waals surface area contributed by atoms with Gasteiger partial charge in [-0.25, -0.2) is 4.98 Å². The van der Waals surface area contributed by atoms with E-state index in [9.17, 15) is 4.79 Å². The molecule has 0 unspecified atom stereocenters. The summed E-state index contributed by atoms with van der Waals surface area (Å²) in [5.41, 5.74) is 2.70. The van der Waals surface area contributed by atoms with Crippen molar-refractivity contribution in [2.45, 2.75) is 52.4 Å². The Hall–Kier alpha value is -3.00. The summed E-state index contributed by atoms with van der Waals surface area (Å²) in [4.78, 5) is 19.4. The second-order valence-electron chi connectivity index (χ2n) is 7.47. The molecule has 1 saturated heterocycles. The molecule has 3 aromatic rings. The maximum absolute atomic E-state index is 13.2. The Morgan fingerprint density at radius 3 is 2.72 bits per heavy atom. The Bertz CT molecular complexity index is 962. The van der Waals surface area contributed by atoms with E-state index >= 15 is 0 Å². The standard InChI is InChI=1S/C21H25N5O3/c1-13-18(14(2)29-25-13)10-20(27)26-11-17(28-12-16-7-5-4-6-8-16)9-19(26)21-22-15(3)23-24-21/h4-8,17,19H,9-12H2,1-3H3,(H,22,23,24)/t17-,19-/m0/s1. The van der Waals surface area contributed by atoms with E-state index in [2.05, 4.69) is 20.3 Å². The molecule has 0 bridgehead atoms. The third-order valence-electron chi connectivity index (χ3n) is 5.33. The molecule has 0 saturated carbocycles. The summed E-state index contributed by atoms with van der Waals surface area (Å²) >= 11 is 0. The lowest BCUT2D eigenvalue weighted by Gasteiger charge is -2.22. The van der Waals surface area contributed by atoms with Gasteiger partial charge < -0.3 is 14.2 Å². The molecule has 2 atom stereocenters. The van der Waals surface area contributed by atoms with Crippen molar-refractivity contribution in [2.24, 2.45) is 0 Å². The fourth-order valence-electron chi connectivity index (χ4n) is 3.74. The summed E-state index contributed by atoms with van der Waals surface area (Å²) in [5, 5.41) is 11.1. The van der Waals surface area contributed by atoms with Crippen LogP contribution in [0, 0.1) is 20.8 Å². The number of aryl methyl sites for hydroxylation is 3. The highest BCUT2D eigenvalue weighted by molar-refractivity contribution is 5.80. The molecule has 152 valence electrons. The van der Waals surface area contributed by atoms with Crippen molar-refractivity contribution < 1.29 is 14.1 Å². The number of H-pyrrole nitrogens is 1. The Morgan fingerprint density at radius 2 is 2.07 bits per heavy atom. The van der Waals surface area contributed by atoms with Crippen molar-refractivity contribution in [2.75, 3.05) is 6.54 Å². The molecule has 2 aromatic heterocycles. The second-order valence-corrected chi connectivity index (χ2v) is 7.47. The van der Waals surface area contributed by atoms with Gasteiger partial charge in [0.25, 0.3) is 0 Å². The average Bonchev–Trinajstić information content (AvgIpc) is 3.42. The third kappa shape index (κ3) is 4.22. The number of nitrogens with one attached hydrogen (secondary N) is 1. The van der Waals surface area contributed by atoms with Gasteiger partial charge in [0.15, 0.2) is 5.82 Å². The number of likely N-dealkylation sites (tertiary alicyclic amines) is 1. The summed E-state index contributed by atoms with van der Waals surface area (Å²) in [5.74, 6) is 2.03. The molecule has 3 heterocycles. The summed E-state index contributed by atoms with van der Waals surface area (Å²) in [7, 11) is 0. The fourth-order valence-corrected chi connectivity index (χ4v) is 3.74. The number of hydrogen-bond donors (Lipinski definition) is 1. The van der Waals surface area contributed by atoms with Crippen LogP contribution in [0.25, 0.3) is 0 Å². The summed E-state index contributed by atoms with van der Waals surface area (Å²) in [6.45, 7) is 6.55. The highest BCUT2D eigenvalue weighted by Crippen LogP contribution is 2.33. The van der Waals surface area contributed by atoms with Crippen molar-refractivity contribution in [1.29, 1.82) is 0 Å². The molecule has 29 heavy (non-hydrogen) atoms. The van der Waals surface area contributed by atoms with Gasteiger partial charge in [-0.1, -0.05) is 35.5 Å². The lowest BCUT2D eigenvalue weighted by atomic mass is 10.1. The van der Waals surface area contributed by atoms with Crippen LogP contribution in [0.2, 0.25) is 0 Å². The normalized spacial score (nSPS) is 19.1. The van der Waals surface area contributed by atoms with Crippen LogP contribution in [0.15, 0.2) is 34.9 Å². The van der Waals surface area contributed by atoms with Crippen molar-refractivity contribution in [1.82, 2.24) is 25.2 Å². The van der Waals surface area contributed by atoms with Crippen LogP contribution in [-0.4, -0.2) is 43.8 Å². The molecule has 0 aliphatic carbocycles. The Morgan fingerprint density at radius 1 is 1.28 bits per heavy atom. The molecule has 0 radical (unpaired) electrons. The number of hydrogen-bond acceptors (Lipinski definition) is 6. The zero-order valence-electron chi connectivity index (χ0n) is 16.9. The molecule has 8 heteroatoms. The van der Waals surface area contributed by atoms with Crippen molar-refractivity contribution in [3.05, 3.63) is 64.6 Å². The maximum Gasteiger partial charge on any atom is 0.227 e. The smallest absolute Gasteiger partial charge is 0.227 e. The first-order valence-electron chi connectivity index (χ1n) is 9.77. The lowest BCUT2D eigenvalue weighted by Crippen LogP contribution is -2.34. The number of amides is 1. The molecule has 4 rings (SSSR count). The topological polar surface area (TPSA) is 97.1 Å². The monoisotopic (exact) mass is 395 g/mol. The maximum atomic E-state index is 13.2. The van der Waals surface area contributed by atoms with Crippen LogP contribution >= 0.6 is 0 Å². The summed E-state index contributed by atoms with van der Waals surface area (Å²) < 4.78 is 11.3. The molecule has 1 aromatic carbocycles. The van der Waals surface area contributed by atoms with Crippen molar-refractivity contribution in [3.63, 3.8) is 0 Å². The second kappa shape index (κ2) is 8.16. The number of carbonyl (C=O) groups is 1. The minimum Gasteiger partial charge on any atom is -0.372 e. The minimum atomic E-state index is -0.214. The van der Waals surface area contributed by atoms with Crippen LogP contribution < -0.4 is 0 Å². The van der Waals surface area contributed by atoms with Gasteiger partial charge in [0, 0.05) is 18.5 Å². The van der Waals surface area contributed by atoms with Crippen molar-refractivity contribution >= 4 is 5.91 Å². The Balaban J connectivity index is 1.50. The van der Waals surface area contributed by atoms with E-state index in [1.807, 2.05) is 56.0 Å². The number of aromatic nitrogens is 4. The van der Waals surface area contributed by atoms with E-state index in [-0.39, 0.29) is 24.5 Å². The van der Waals surface area contributed by atoms with Crippen LogP contribution in [-0.2, 0) is 22.6 Å². The number of nitrogens with zero attached hydrogens (tertiary/aromatic N) is 4. The van der Waals surface area contributed by atoms with Gasteiger partial charge in [-0.3, -0.25) is 9.89 Å². The first-order valence-corrected chi connectivity index (χ1v) is 9.77. The third-order valence-corrected chi connectivity index (χ3v) is 5.33. The number of benzene rings is 1. The highest BCUT2D eigenvalue weighted by Gasteiger charge is 2.39. The summed E-state index contributed by atoms with van der Waals surface area (Å²) in [6.07, 6.45) is 0.830. The van der Waals surface area contributed by atoms with E-state index in [0.29, 0.717) is 31.2 Å². The Labute approximate surface area is 169 Å². The molecule has 1 amide bonds. The minimum absolute atomic E-state index is 0.00216. The first kappa shape index (κ1) is 19.3. The predicted molar refractivity (Wildman–Crippen MR) is 105 cm³/mol.